The number of likely N-dealkylation sites (tertiary alicyclic amines) is 1. The molecule has 0 aromatic heterocycles. The van der Waals surface area contributed by atoms with Crippen molar-refractivity contribution in [1.29, 1.82) is 0 Å². The molecule has 1 saturated heterocycles. The molecule has 1 saturated carbocycles. The van der Waals surface area contributed by atoms with Crippen molar-refractivity contribution in [3.8, 4) is 5.75 Å². The summed E-state index contributed by atoms with van der Waals surface area (Å²) in [4.78, 5) is 2.30. The molecule has 1 aliphatic carbocycles. The first-order chi connectivity index (χ1) is 15.3. The third-order valence-electron chi connectivity index (χ3n) is 7.00. The summed E-state index contributed by atoms with van der Waals surface area (Å²) in [5.74, 6) is 0.734. The van der Waals surface area contributed by atoms with E-state index in [0.29, 0.717) is 23.9 Å². The Morgan fingerprint density at radius 3 is 2.34 bits per heavy atom. The van der Waals surface area contributed by atoms with Crippen molar-refractivity contribution in [1.82, 2.24) is 4.90 Å². The van der Waals surface area contributed by atoms with E-state index in [9.17, 15) is 18.3 Å². The first-order valence-corrected chi connectivity index (χ1v) is 11.6. The number of ether oxygens (including phenoxy) is 1. The lowest BCUT2D eigenvalue weighted by atomic mass is 9.61. The average Bonchev–Trinajstić information content (AvgIpc) is 2.73. The van der Waals surface area contributed by atoms with E-state index in [1.54, 1.807) is 0 Å². The monoisotopic (exact) mass is 467 g/mol. The molecule has 0 amide bonds. The lowest BCUT2D eigenvalue weighted by Gasteiger charge is -2.48. The average molecular weight is 468 g/mol. The second-order valence-corrected chi connectivity index (χ2v) is 9.57. The van der Waals surface area contributed by atoms with Crippen molar-refractivity contribution in [3.63, 3.8) is 0 Å². The van der Waals surface area contributed by atoms with Gasteiger partial charge in [-0.25, -0.2) is 0 Å². The van der Waals surface area contributed by atoms with E-state index in [4.69, 9.17) is 16.3 Å². The molecule has 3 nitrogen and oxygen atoms in total. The summed E-state index contributed by atoms with van der Waals surface area (Å²) in [5.41, 5.74) is 0.280. The Balaban J connectivity index is 1.31. The Bertz CT molecular complexity index is 882. The SMILES string of the molecule is O[C@H](CN1CCC[C@H](COc2ccc(C(F)(F)F)cc2)C1)C1(c2ccc(Cl)cc2)CCC1. The fourth-order valence-electron chi connectivity index (χ4n) is 4.98. The number of benzene rings is 2. The molecule has 2 atom stereocenters. The third-order valence-corrected chi connectivity index (χ3v) is 7.26. The number of hydrogen-bond donors (Lipinski definition) is 1. The normalized spacial score (nSPS) is 22.2. The quantitative estimate of drug-likeness (QED) is 0.547. The Kier molecular flexibility index (Phi) is 7.03. The number of piperidine rings is 1. The van der Waals surface area contributed by atoms with Crippen molar-refractivity contribution < 1.29 is 23.0 Å². The summed E-state index contributed by atoms with van der Waals surface area (Å²) in [6, 6.07) is 12.7. The number of aliphatic hydroxyl groups is 1. The lowest BCUT2D eigenvalue weighted by molar-refractivity contribution is -0.137. The number of β-amino-alcohol motifs (C(OH)–C–C–N with tert-alkyl or cyclic N) is 1. The van der Waals surface area contributed by atoms with Crippen LogP contribution >= 0.6 is 11.6 Å². The Hall–Kier alpha value is -1.76. The van der Waals surface area contributed by atoms with Crippen molar-refractivity contribution in [2.75, 3.05) is 26.2 Å². The van der Waals surface area contributed by atoms with Crippen LogP contribution in [-0.4, -0.2) is 42.4 Å². The van der Waals surface area contributed by atoms with E-state index in [1.165, 1.54) is 12.1 Å². The van der Waals surface area contributed by atoms with E-state index in [2.05, 4.69) is 4.90 Å². The van der Waals surface area contributed by atoms with Crippen molar-refractivity contribution >= 4 is 11.6 Å². The zero-order valence-corrected chi connectivity index (χ0v) is 18.7. The molecule has 32 heavy (non-hydrogen) atoms. The standard InChI is InChI=1S/C25H29ClF3NO2/c26-21-8-4-19(5-9-21)24(12-2-13-24)23(31)16-30-14-1-3-18(15-30)17-32-22-10-6-20(7-11-22)25(27,28)29/h4-11,18,23,31H,1-3,12-17H2/t18-,23+/m0/s1. The molecule has 2 aliphatic rings. The molecule has 1 aliphatic heterocycles. The first kappa shape index (κ1) is 23.4. The minimum absolute atomic E-state index is 0.200. The largest absolute Gasteiger partial charge is 0.493 e. The zero-order valence-electron chi connectivity index (χ0n) is 18.0. The van der Waals surface area contributed by atoms with Crippen molar-refractivity contribution in [3.05, 3.63) is 64.7 Å². The molecule has 0 radical (unpaired) electrons. The van der Waals surface area contributed by atoms with Gasteiger partial charge in [0, 0.05) is 29.4 Å². The van der Waals surface area contributed by atoms with Crippen LogP contribution in [0.3, 0.4) is 0 Å². The van der Waals surface area contributed by atoms with Crippen LogP contribution in [0, 0.1) is 5.92 Å². The van der Waals surface area contributed by atoms with Crippen LogP contribution < -0.4 is 4.74 Å². The number of rotatable bonds is 7. The molecule has 2 aromatic rings. The van der Waals surface area contributed by atoms with Crippen LogP contribution in [0.1, 0.15) is 43.2 Å². The van der Waals surface area contributed by atoms with E-state index >= 15 is 0 Å². The summed E-state index contributed by atoms with van der Waals surface area (Å²) in [7, 11) is 0. The van der Waals surface area contributed by atoms with Gasteiger partial charge in [-0.1, -0.05) is 30.2 Å². The second kappa shape index (κ2) is 9.62. The fourth-order valence-corrected chi connectivity index (χ4v) is 5.11. The summed E-state index contributed by atoms with van der Waals surface area (Å²) >= 11 is 6.04. The van der Waals surface area contributed by atoms with Crippen molar-refractivity contribution in [2.24, 2.45) is 5.92 Å². The number of nitrogens with zero attached hydrogens (tertiary/aromatic N) is 1. The van der Waals surface area contributed by atoms with Crippen LogP contribution in [0.4, 0.5) is 13.2 Å². The minimum Gasteiger partial charge on any atom is -0.493 e. The van der Waals surface area contributed by atoms with E-state index < -0.39 is 17.8 Å². The van der Waals surface area contributed by atoms with Gasteiger partial charge >= 0.3 is 6.18 Å². The van der Waals surface area contributed by atoms with Gasteiger partial charge in [0.15, 0.2) is 0 Å². The van der Waals surface area contributed by atoms with Gasteiger partial charge in [-0.2, -0.15) is 13.2 Å². The second-order valence-electron chi connectivity index (χ2n) is 9.13. The van der Waals surface area contributed by atoms with Gasteiger partial charge in [0.2, 0.25) is 0 Å². The van der Waals surface area contributed by atoms with E-state index in [0.717, 1.165) is 62.9 Å². The highest BCUT2D eigenvalue weighted by Gasteiger charge is 2.45. The lowest BCUT2D eigenvalue weighted by Crippen LogP contribution is -2.52. The number of aliphatic hydroxyl groups excluding tert-OH is 1. The maximum atomic E-state index is 12.7. The van der Waals surface area contributed by atoms with Gasteiger partial charge in [0.1, 0.15) is 5.75 Å². The molecule has 0 bridgehead atoms. The van der Waals surface area contributed by atoms with Gasteiger partial charge in [-0.15, -0.1) is 0 Å². The van der Waals surface area contributed by atoms with Crippen molar-refractivity contribution in [2.45, 2.75) is 49.8 Å². The highest BCUT2D eigenvalue weighted by molar-refractivity contribution is 6.30. The summed E-state index contributed by atoms with van der Waals surface area (Å²) in [5, 5.41) is 11.9. The van der Waals surface area contributed by atoms with E-state index in [-0.39, 0.29) is 11.3 Å². The smallest absolute Gasteiger partial charge is 0.416 e. The van der Waals surface area contributed by atoms with Gasteiger partial charge in [-0.3, -0.25) is 0 Å². The molecule has 1 N–H and O–H groups in total. The van der Waals surface area contributed by atoms with Crippen LogP contribution in [0.2, 0.25) is 5.02 Å². The predicted octanol–water partition coefficient (Wildman–Crippen LogP) is 5.93. The van der Waals surface area contributed by atoms with E-state index in [1.807, 2.05) is 24.3 Å². The molecular formula is C25H29ClF3NO2. The van der Waals surface area contributed by atoms with Crippen LogP contribution in [0.25, 0.3) is 0 Å². The Morgan fingerprint density at radius 1 is 1.06 bits per heavy atom. The summed E-state index contributed by atoms with van der Waals surface area (Å²) < 4.78 is 43.9. The van der Waals surface area contributed by atoms with Gasteiger partial charge in [0.25, 0.3) is 0 Å². The molecule has 0 unspecified atom stereocenters. The Morgan fingerprint density at radius 2 is 1.75 bits per heavy atom. The fraction of sp³-hybridized carbons (Fsp3) is 0.520. The topological polar surface area (TPSA) is 32.7 Å². The summed E-state index contributed by atoms with van der Waals surface area (Å²) in [6.07, 6.45) is 0.300. The predicted molar refractivity (Wildman–Crippen MR) is 119 cm³/mol. The number of halogens is 4. The molecular weight excluding hydrogens is 439 g/mol. The zero-order chi connectivity index (χ0) is 22.8. The Labute approximate surface area is 192 Å². The molecule has 7 heteroatoms. The van der Waals surface area contributed by atoms with Gasteiger partial charge < -0.3 is 14.7 Å². The number of alkyl halides is 3. The molecule has 0 spiro atoms. The maximum absolute atomic E-state index is 12.7. The molecule has 2 fully saturated rings. The first-order valence-electron chi connectivity index (χ1n) is 11.2. The van der Waals surface area contributed by atoms with Crippen LogP contribution in [-0.2, 0) is 11.6 Å². The third kappa shape index (κ3) is 5.24. The maximum Gasteiger partial charge on any atom is 0.416 e. The van der Waals surface area contributed by atoms with Gasteiger partial charge in [-0.05, 0) is 74.2 Å². The number of hydrogen-bond acceptors (Lipinski definition) is 3. The molecule has 1 heterocycles. The van der Waals surface area contributed by atoms with Crippen LogP contribution in [0.15, 0.2) is 48.5 Å². The minimum atomic E-state index is -4.34. The molecule has 174 valence electrons. The highest BCUT2D eigenvalue weighted by atomic mass is 35.5. The molecule has 4 rings (SSSR count). The summed E-state index contributed by atoms with van der Waals surface area (Å²) in [6.45, 7) is 2.82. The van der Waals surface area contributed by atoms with Gasteiger partial charge in [0.05, 0.1) is 18.3 Å². The molecule has 2 aromatic carbocycles. The van der Waals surface area contributed by atoms with Crippen LogP contribution in [0.5, 0.6) is 5.75 Å². The highest BCUT2D eigenvalue weighted by Crippen LogP contribution is 2.47.